The van der Waals surface area contributed by atoms with E-state index in [1.807, 2.05) is 12.2 Å². The van der Waals surface area contributed by atoms with E-state index in [2.05, 4.69) is 27.7 Å². The molecule has 0 bridgehead atoms. The van der Waals surface area contributed by atoms with E-state index in [0.717, 1.165) is 63.9 Å². The zero-order valence-electron chi connectivity index (χ0n) is 24.6. The van der Waals surface area contributed by atoms with Crippen LogP contribution in [0.15, 0.2) is 23.3 Å². The number of rotatable bonds is 28. The van der Waals surface area contributed by atoms with Crippen LogP contribution in [0, 0.1) is 0 Å². The molecule has 0 N–H and O–H groups in total. The van der Waals surface area contributed by atoms with Crippen molar-refractivity contribution in [1.82, 2.24) is 0 Å². The molecule has 0 radical (unpaired) electrons. The molecular formula is C32H58O5. The largest absolute Gasteiger partial charge is 0.347 e. The van der Waals surface area contributed by atoms with Gasteiger partial charge in [0.25, 0.3) is 0 Å². The molecule has 0 aromatic carbocycles. The highest BCUT2D eigenvalue weighted by Crippen LogP contribution is 2.17. The van der Waals surface area contributed by atoms with Crippen molar-refractivity contribution in [2.45, 2.75) is 155 Å². The number of carbonyl (C=O) groups excluding carboxylic acids is 2. The molecule has 0 saturated heterocycles. The van der Waals surface area contributed by atoms with Crippen molar-refractivity contribution >= 4 is 12.6 Å². The van der Waals surface area contributed by atoms with Crippen molar-refractivity contribution in [3.63, 3.8) is 0 Å². The van der Waals surface area contributed by atoms with Crippen molar-refractivity contribution in [2.24, 2.45) is 0 Å². The lowest BCUT2D eigenvalue weighted by atomic mass is 10.0. The van der Waals surface area contributed by atoms with Crippen LogP contribution in [-0.2, 0) is 23.8 Å². The lowest BCUT2D eigenvalue weighted by Gasteiger charge is -2.20. The molecule has 216 valence electrons. The molecule has 5 nitrogen and oxygen atoms in total. The van der Waals surface area contributed by atoms with Gasteiger partial charge in [0.1, 0.15) is 26.2 Å². The second kappa shape index (κ2) is 27.7. The smallest absolute Gasteiger partial charge is 0.150 e. The summed E-state index contributed by atoms with van der Waals surface area (Å²) in [6.45, 7) is 8.75. The highest BCUT2D eigenvalue weighted by molar-refractivity contribution is 5.75. The van der Waals surface area contributed by atoms with E-state index in [4.69, 9.17) is 14.2 Å². The molecule has 2 unspecified atom stereocenters. The Hall–Kier alpha value is -1.30. The number of hydrogen-bond acceptors (Lipinski definition) is 5. The third-order valence-electron chi connectivity index (χ3n) is 6.70. The fourth-order valence-corrected chi connectivity index (χ4v) is 4.41. The van der Waals surface area contributed by atoms with Crippen LogP contribution in [0.3, 0.4) is 0 Å². The number of carbonyl (C=O) groups is 2. The maximum Gasteiger partial charge on any atom is 0.150 e. The van der Waals surface area contributed by atoms with Crippen molar-refractivity contribution in [3.05, 3.63) is 23.3 Å². The summed E-state index contributed by atoms with van der Waals surface area (Å²) in [5.74, 6) is 0. The third kappa shape index (κ3) is 20.4. The minimum absolute atomic E-state index is 0.0591. The van der Waals surface area contributed by atoms with Crippen LogP contribution in [0.4, 0.5) is 0 Å². The topological polar surface area (TPSA) is 61.8 Å². The second-order valence-electron chi connectivity index (χ2n) is 10.1. The van der Waals surface area contributed by atoms with Gasteiger partial charge in [-0.3, -0.25) is 9.59 Å². The molecular weight excluding hydrogens is 464 g/mol. The van der Waals surface area contributed by atoms with E-state index in [-0.39, 0.29) is 25.8 Å². The molecule has 0 rings (SSSR count). The highest BCUT2D eigenvalue weighted by atomic mass is 16.7. The molecule has 0 aliphatic rings. The summed E-state index contributed by atoms with van der Waals surface area (Å²) in [5, 5.41) is 0. The predicted molar refractivity (Wildman–Crippen MR) is 155 cm³/mol. The lowest BCUT2D eigenvalue weighted by Crippen LogP contribution is -2.22. The highest BCUT2D eigenvalue weighted by Gasteiger charge is 2.16. The molecule has 0 spiro atoms. The Bertz CT molecular complexity index is 534. The van der Waals surface area contributed by atoms with Crippen molar-refractivity contribution < 1.29 is 23.8 Å². The molecule has 0 heterocycles. The molecule has 2 atom stereocenters. The Labute approximate surface area is 228 Å². The minimum atomic E-state index is -0.253. The van der Waals surface area contributed by atoms with Crippen LogP contribution in [0.5, 0.6) is 0 Å². The van der Waals surface area contributed by atoms with Crippen LogP contribution in [0.2, 0.25) is 0 Å². The van der Waals surface area contributed by atoms with Crippen LogP contribution < -0.4 is 0 Å². The third-order valence-corrected chi connectivity index (χ3v) is 6.70. The van der Waals surface area contributed by atoms with Gasteiger partial charge in [-0.2, -0.15) is 0 Å². The van der Waals surface area contributed by atoms with E-state index in [0.29, 0.717) is 11.1 Å². The van der Waals surface area contributed by atoms with E-state index >= 15 is 0 Å². The molecule has 0 amide bonds. The Balaban J connectivity index is 4.51. The number of hydrogen-bond donors (Lipinski definition) is 0. The van der Waals surface area contributed by atoms with Gasteiger partial charge in [-0.25, -0.2) is 0 Å². The van der Waals surface area contributed by atoms with Gasteiger partial charge in [-0.1, -0.05) is 117 Å². The standard InChI is InChI=1S/C32H58O5/c1-5-9-11-13-15-17-19-23-29(25-33)31(21-7-3)36-27-35-28-37-32(22-8-4)30(26-34)24-20-18-16-14-12-10-6-2/h23-26,31-32H,5-22,27-28H2,1-4H3. The average molecular weight is 523 g/mol. The Morgan fingerprint density at radius 3 is 1.27 bits per heavy atom. The van der Waals surface area contributed by atoms with Gasteiger partial charge in [0.2, 0.25) is 0 Å². The molecule has 0 aliphatic carbocycles. The molecule has 0 aliphatic heterocycles. The van der Waals surface area contributed by atoms with Gasteiger partial charge < -0.3 is 14.2 Å². The van der Waals surface area contributed by atoms with Crippen LogP contribution in [0.25, 0.3) is 0 Å². The number of ether oxygens (including phenoxy) is 3. The summed E-state index contributed by atoms with van der Waals surface area (Å²) >= 11 is 0. The summed E-state index contributed by atoms with van der Waals surface area (Å²) in [6, 6.07) is 0. The summed E-state index contributed by atoms with van der Waals surface area (Å²) in [7, 11) is 0. The van der Waals surface area contributed by atoms with Gasteiger partial charge in [0.05, 0.1) is 12.2 Å². The number of unbranched alkanes of at least 4 members (excludes halogenated alkanes) is 12. The maximum absolute atomic E-state index is 11.7. The monoisotopic (exact) mass is 522 g/mol. The van der Waals surface area contributed by atoms with Gasteiger partial charge in [-0.05, 0) is 38.5 Å². The zero-order valence-corrected chi connectivity index (χ0v) is 24.6. The quantitative estimate of drug-likeness (QED) is 0.0444. The fraction of sp³-hybridized carbons (Fsp3) is 0.812. The van der Waals surface area contributed by atoms with Gasteiger partial charge in [-0.15, -0.1) is 0 Å². The Kier molecular flexibility index (Phi) is 26.8. The molecule has 0 fully saturated rings. The van der Waals surface area contributed by atoms with Crippen LogP contribution in [0.1, 0.15) is 143 Å². The molecule has 5 heteroatoms. The lowest BCUT2D eigenvalue weighted by molar-refractivity contribution is -0.156. The summed E-state index contributed by atoms with van der Waals surface area (Å²) in [4.78, 5) is 23.4. The number of aldehydes is 2. The molecule has 0 saturated carbocycles. The molecule has 0 aromatic heterocycles. The zero-order chi connectivity index (χ0) is 27.4. The van der Waals surface area contributed by atoms with E-state index in [9.17, 15) is 9.59 Å². The van der Waals surface area contributed by atoms with Crippen molar-refractivity contribution in [3.8, 4) is 0 Å². The first-order valence-corrected chi connectivity index (χ1v) is 15.3. The van der Waals surface area contributed by atoms with Crippen molar-refractivity contribution in [2.75, 3.05) is 13.6 Å². The fourth-order valence-electron chi connectivity index (χ4n) is 4.41. The van der Waals surface area contributed by atoms with E-state index < -0.39 is 0 Å². The predicted octanol–water partition coefficient (Wildman–Crippen LogP) is 9.04. The summed E-state index contributed by atoms with van der Waals surface area (Å²) < 4.78 is 17.4. The average Bonchev–Trinajstić information content (AvgIpc) is 2.91. The van der Waals surface area contributed by atoms with Crippen LogP contribution in [-0.4, -0.2) is 38.4 Å². The Morgan fingerprint density at radius 1 is 0.541 bits per heavy atom. The van der Waals surface area contributed by atoms with E-state index in [1.54, 1.807) is 0 Å². The molecule has 0 aromatic rings. The molecule has 37 heavy (non-hydrogen) atoms. The summed E-state index contributed by atoms with van der Waals surface area (Å²) in [6.07, 6.45) is 25.5. The Morgan fingerprint density at radius 2 is 0.919 bits per heavy atom. The van der Waals surface area contributed by atoms with E-state index in [1.165, 1.54) is 64.2 Å². The summed E-state index contributed by atoms with van der Waals surface area (Å²) in [5.41, 5.74) is 1.43. The van der Waals surface area contributed by atoms with Gasteiger partial charge in [0.15, 0.2) is 0 Å². The maximum atomic E-state index is 11.7. The SMILES string of the molecule is CCCCCCCCC=C(C=O)C(CCC)OCOCOC(CCC)C(C=O)=CCCCCCCCC. The normalized spacial score (nSPS) is 14.1. The second-order valence-corrected chi connectivity index (χ2v) is 10.1. The minimum Gasteiger partial charge on any atom is -0.347 e. The first-order chi connectivity index (χ1) is 18.2. The van der Waals surface area contributed by atoms with Gasteiger partial charge in [0, 0.05) is 11.1 Å². The van der Waals surface area contributed by atoms with Gasteiger partial charge >= 0.3 is 0 Å². The van der Waals surface area contributed by atoms with Crippen LogP contribution >= 0.6 is 0 Å². The first kappa shape index (κ1) is 35.7. The number of allylic oxidation sites excluding steroid dienone is 2. The van der Waals surface area contributed by atoms with Crippen molar-refractivity contribution in [1.29, 1.82) is 0 Å². The first-order valence-electron chi connectivity index (χ1n) is 15.3.